The third-order valence-electron chi connectivity index (χ3n) is 17.1. The minimum absolute atomic E-state index is 0.0287. The second-order valence-corrected chi connectivity index (χ2v) is 25.3. The quantitative estimate of drug-likeness (QED) is 0.0469. The van der Waals surface area contributed by atoms with E-state index in [1.54, 1.807) is 37.7 Å². The molecular weight excluding hydrogens is 1000 g/mol. The number of aromatic nitrogens is 2. The number of nitro benzene ring substituents is 1. The highest BCUT2D eigenvalue weighted by atomic mass is 32.2. The highest BCUT2D eigenvalue weighted by Crippen LogP contribution is 2.53. The van der Waals surface area contributed by atoms with Gasteiger partial charge in [-0.1, -0.05) is 64.1 Å². The van der Waals surface area contributed by atoms with Crippen molar-refractivity contribution in [3.05, 3.63) is 141 Å². The van der Waals surface area contributed by atoms with Crippen LogP contribution in [0, 0.1) is 27.4 Å². The van der Waals surface area contributed by atoms with Crippen LogP contribution in [0.5, 0.6) is 17.2 Å². The number of fused-ring (bicyclic) bond motifs is 1. The number of benzene rings is 4. The van der Waals surface area contributed by atoms with Gasteiger partial charge in [-0.3, -0.25) is 24.7 Å². The van der Waals surface area contributed by atoms with Gasteiger partial charge in [0, 0.05) is 87.3 Å². The topological polar surface area (TPSA) is 195 Å². The minimum atomic E-state index is -4.59. The van der Waals surface area contributed by atoms with E-state index in [0.717, 1.165) is 107 Å². The predicted octanol–water partition coefficient (Wildman–Crippen LogP) is 11.4. The highest BCUT2D eigenvalue weighted by Gasteiger charge is 2.50. The fraction of sp³-hybridized carbons (Fsp3) is 0.475. The van der Waals surface area contributed by atoms with Crippen LogP contribution in [-0.4, -0.2) is 102 Å². The Hall–Kier alpha value is -6.53. The number of sulfonamides is 1. The number of hydrogen-bond acceptors (Lipinski definition) is 13. The molecule has 4 aromatic carbocycles. The van der Waals surface area contributed by atoms with Crippen molar-refractivity contribution in [1.82, 2.24) is 24.5 Å². The number of methoxy groups -OCH3 is 1. The number of nitro groups is 1. The number of aliphatic hydroxyl groups is 1. The fourth-order valence-electron chi connectivity index (χ4n) is 12.7. The van der Waals surface area contributed by atoms with Gasteiger partial charge in [-0.15, -0.1) is 0 Å². The Morgan fingerprint density at radius 2 is 1.69 bits per heavy atom. The Bertz CT molecular complexity index is 3240. The van der Waals surface area contributed by atoms with Crippen molar-refractivity contribution in [3.8, 4) is 17.2 Å². The van der Waals surface area contributed by atoms with Crippen LogP contribution in [0.15, 0.2) is 108 Å². The lowest BCUT2D eigenvalue weighted by Gasteiger charge is -2.58. The van der Waals surface area contributed by atoms with E-state index in [2.05, 4.69) is 105 Å². The van der Waals surface area contributed by atoms with E-state index in [4.69, 9.17) is 9.47 Å². The number of pyridine rings is 1. The molecule has 17 heteroatoms. The molecule has 0 radical (unpaired) electrons. The lowest BCUT2D eigenvalue weighted by atomic mass is 9.59. The van der Waals surface area contributed by atoms with Gasteiger partial charge in [-0.25, -0.2) is 18.1 Å². The Morgan fingerprint density at radius 1 is 0.923 bits per heavy atom. The molecule has 414 valence electrons. The first kappa shape index (κ1) is 54.8. The fourth-order valence-corrected chi connectivity index (χ4v) is 13.7. The van der Waals surface area contributed by atoms with Crippen molar-refractivity contribution >= 4 is 44.0 Å². The van der Waals surface area contributed by atoms with Crippen molar-refractivity contribution in [2.75, 3.05) is 56.6 Å². The normalized spacial score (nSPS) is 21.2. The second-order valence-electron chi connectivity index (χ2n) is 23.6. The molecule has 10 rings (SSSR count). The number of carbonyl (C=O) groups is 1. The molecule has 4 N–H and O–H groups in total. The first-order valence-electron chi connectivity index (χ1n) is 27.9. The molecule has 2 aromatic heterocycles. The first-order chi connectivity index (χ1) is 37.3. The zero-order valence-corrected chi connectivity index (χ0v) is 46.8. The van der Waals surface area contributed by atoms with Crippen molar-refractivity contribution < 1.29 is 32.7 Å². The van der Waals surface area contributed by atoms with Crippen molar-refractivity contribution in [2.24, 2.45) is 17.3 Å². The van der Waals surface area contributed by atoms with E-state index >= 15 is 0 Å². The maximum Gasteiger partial charge on any atom is 0.293 e. The summed E-state index contributed by atoms with van der Waals surface area (Å²) in [5, 5.41) is 26.5. The van der Waals surface area contributed by atoms with E-state index in [1.165, 1.54) is 34.4 Å². The molecule has 78 heavy (non-hydrogen) atoms. The van der Waals surface area contributed by atoms with Crippen LogP contribution in [0.2, 0.25) is 0 Å². The molecule has 4 heterocycles. The molecule has 0 bridgehead atoms. The average Bonchev–Trinajstić information content (AvgIpc) is 3.93. The van der Waals surface area contributed by atoms with Crippen molar-refractivity contribution in [3.63, 3.8) is 0 Å². The van der Waals surface area contributed by atoms with Gasteiger partial charge in [-0.2, -0.15) is 0 Å². The maximum atomic E-state index is 14.2. The molecule has 4 fully saturated rings. The third-order valence-corrected chi connectivity index (χ3v) is 18.5. The highest BCUT2D eigenvalue weighted by molar-refractivity contribution is 7.90. The summed E-state index contributed by atoms with van der Waals surface area (Å²) in [6, 6.07) is 29.0. The van der Waals surface area contributed by atoms with Gasteiger partial charge < -0.3 is 29.8 Å². The molecule has 2 aliphatic heterocycles. The summed E-state index contributed by atoms with van der Waals surface area (Å²) in [6.07, 6.45) is 11.4. The average molecular weight is 1080 g/mol. The van der Waals surface area contributed by atoms with Crippen LogP contribution in [0.1, 0.15) is 131 Å². The van der Waals surface area contributed by atoms with Crippen LogP contribution >= 0.6 is 0 Å². The number of aromatic amines is 1. The monoisotopic (exact) mass is 1080 g/mol. The number of H-pyrrole nitrogens is 1. The predicted molar refractivity (Wildman–Crippen MR) is 305 cm³/mol. The lowest BCUT2D eigenvalue weighted by Crippen LogP contribution is -2.60. The Kier molecular flexibility index (Phi) is 15.9. The molecule has 2 aliphatic carbocycles. The number of carbonyl (C=O) groups excluding carboxylic acids is 1. The number of piperazine rings is 1. The van der Waals surface area contributed by atoms with Crippen LogP contribution in [0.3, 0.4) is 0 Å². The van der Waals surface area contributed by atoms with Crippen molar-refractivity contribution in [2.45, 2.75) is 127 Å². The number of nitrogens with zero attached hydrogens (tertiary/aromatic N) is 5. The van der Waals surface area contributed by atoms with Crippen LogP contribution in [-0.2, 0) is 23.0 Å². The van der Waals surface area contributed by atoms with Gasteiger partial charge in [0.2, 0.25) is 0 Å². The van der Waals surface area contributed by atoms with E-state index in [1.807, 2.05) is 19.1 Å². The van der Waals surface area contributed by atoms with Gasteiger partial charge in [-0.05, 0) is 153 Å². The zero-order chi connectivity index (χ0) is 54.9. The smallest absolute Gasteiger partial charge is 0.293 e. The van der Waals surface area contributed by atoms with Gasteiger partial charge in [0.05, 0.1) is 34.3 Å². The number of nitrogens with one attached hydrogen (secondary N) is 3. The van der Waals surface area contributed by atoms with E-state index in [-0.39, 0.29) is 34.4 Å². The van der Waals surface area contributed by atoms with E-state index < -0.39 is 37.0 Å². The molecule has 1 spiro atoms. The maximum absolute atomic E-state index is 14.2. The summed E-state index contributed by atoms with van der Waals surface area (Å²) in [6.45, 7) is 16.8. The van der Waals surface area contributed by atoms with E-state index in [9.17, 15) is 28.4 Å². The lowest BCUT2D eigenvalue weighted by molar-refractivity contribution is -0.384. The van der Waals surface area contributed by atoms with Crippen molar-refractivity contribution in [1.29, 1.82) is 0 Å². The largest absolute Gasteiger partial charge is 0.496 e. The van der Waals surface area contributed by atoms with Gasteiger partial charge >= 0.3 is 0 Å². The summed E-state index contributed by atoms with van der Waals surface area (Å²) < 4.78 is 42.2. The number of anilines is 2. The Labute approximate surface area is 459 Å². The summed E-state index contributed by atoms with van der Waals surface area (Å²) >= 11 is 0. The van der Waals surface area contributed by atoms with Crippen LogP contribution in [0.4, 0.5) is 17.1 Å². The van der Waals surface area contributed by atoms with Crippen LogP contribution in [0.25, 0.3) is 11.0 Å². The summed E-state index contributed by atoms with van der Waals surface area (Å²) in [5.74, 6) is 1.69. The summed E-state index contributed by atoms with van der Waals surface area (Å²) in [5.41, 5.74) is 6.12. The number of ether oxygens (including phenoxy) is 2. The van der Waals surface area contributed by atoms with Gasteiger partial charge in [0.15, 0.2) is 0 Å². The molecule has 2 saturated heterocycles. The SMILES string of the molecule is COc1cc(CN2CCN(C3CC4(CCN(c5ccc(C(=O)NS(=O)(=O)c6ccc(NC[C@H]7CC[C@](C)(O)CC7)c([N+](=O)[O-])c6)c(Oc6cnc7[nH]ccc7c6)c5)CC4)C3)[C@H](c3ccccc3C(C)C)C2)ccc1CC(C)C. The summed E-state index contributed by atoms with van der Waals surface area (Å²) in [7, 11) is -2.82. The standard InChI is InChI=1S/C61H76N8O8S/c1-40(2)29-44-12-11-43(30-56(44)76-6)38-66-27-28-68(55(39-66)51-10-8-7-9-50(51)41(3)4)47-34-61(35-47)22-25-67(26-23-61)46-13-15-52(57(32-46)77-48-31-45-19-24-62-58(45)64-37-48)59(70)65-78(74,75)49-14-16-53(54(33-49)69(72)73)63-36-42-17-20-60(5,71)21-18-42/h7-16,19,24,30-33,37,40-42,47,55,63,71H,17-18,20-23,25-29,34-36,38-39H2,1-6H3,(H,62,64)(H,65,70)/t42-,55-,60-/m0/s1. The first-order valence-corrected chi connectivity index (χ1v) is 29.4. The third kappa shape index (κ3) is 12.2. The number of piperidine rings is 1. The minimum Gasteiger partial charge on any atom is -0.496 e. The van der Waals surface area contributed by atoms with E-state index in [0.29, 0.717) is 48.7 Å². The molecule has 4 aliphatic rings. The van der Waals surface area contributed by atoms with Crippen LogP contribution < -0.4 is 24.4 Å². The molecule has 2 saturated carbocycles. The number of hydrogen-bond donors (Lipinski definition) is 4. The van der Waals surface area contributed by atoms with Gasteiger partial charge in [0.25, 0.3) is 21.6 Å². The Balaban J connectivity index is 0.827. The molecular formula is C61H76N8O8S. The zero-order valence-electron chi connectivity index (χ0n) is 46.0. The molecule has 0 unspecified atom stereocenters. The number of rotatable bonds is 18. The summed E-state index contributed by atoms with van der Waals surface area (Å²) in [4.78, 5) is 40.7. The Morgan fingerprint density at radius 3 is 2.42 bits per heavy atom. The molecule has 1 amide bonds. The second kappa shape index (κ2) is 22.7. The molecule has 6 aromatic rings. The van der Waals surface area contributed by atoms with Gasteiger partial charge in [0.1, 0.15) is 28.6 Å². The molecule has 16 nitrogen and oxygen atoms in total. The number of amides is 1. The molecule has 1 atom stereocenters.